The normalized spacial score (nSPS) is 14.9. The van der Waals surface area contributed by atoms with Gasteiger partial charge in [0.25, 0.3) is 0 Å². The van der Waals surface area contributed by atoms with E-state index in [1.165, 1.54) is 19.3 Å². The van der Waals surface area contributed by atoms with Crippen LogP contribution >= 0.6 is 11.6 Å². The van der Waals surface area contributed by atoms with Crippen molar-refractivity contribution in [2.45, 2.75) is 32.1 Å². The zero-order valence-electron chi connectivity index (χ0n) is 10.8. The van der Waals surface area contributed by atoms with E-state index in [9.17, 15) is 5.26 Å². The van der Waals surface area contributed by atoms with Gasteiger partial charge in [-0.1, -0.05) is 12.5 Å². The topological polar surface area (TPSA) is 27.0 Å². The molecule has 0 aliphatic heterocycles. The Hall–Kier alpha value is -1.20. The number of nitriles is 1. The van der Waals surface area contributed by atoms with E-state index in [2.05, 4.69) is 17.9 Å². The molecule has 1 fully saturated rings. The Bertz CT molecular complexity index is 446. The number of nitrogens with zero attached hydrogens (tertiary/aromatic N) is 2. The Morgan fingerprint density at radius 3 is 2.72 bits per heavy atom. The lowest BCUT2D eigenvalue weighted by atomic mass is 9.85. The molecule has 0 aromatic heterocycles. The first-order valence-electron chi connectivity index (χ1n) is 6.62. The van der Waals surface area contributed by atoms with Crippen molar-refractivity contribution < 1.29 is 0 Å². The highest BCUT2D eigenvalue weighted by molar-refractivity contribution is 6.17. The number of hydrogen-bond donors (Lipinski definition) is 0. The maximum absolute atomic E-state index is 9.27. The average Bonchev–Trinajstić information content (AvgIpc) is 2.37. The fourth-order valence-corrected chi connectivity index (χ4v) is 2.58. The molecule has 0 bridgehead atoms. The zero-order chi connectivity index (χ0) is 13.0. The third-order valence-corrected chi connectivity index (χ3v) is 4.07. The van der Waals surface area contributed by atoms with Crippen LogP contribution in [0.1, 0.15) is 37.3 Å². The van der Waals surface area contributed by atoms with Crippen molar-refractivity contribution in [2.75, 3.05) is 18.0 Å². The molecule has 0 N–H and O–H groups in total. The lowest BCUT2D eigenvalue weighted by molar-refractivity contribution is 0.318. The maximum atomic E-state index is 9.27. The number of benzene rings is 1. The van der Waals surface area contributed by atoms with Crippen LogP contribution < -0.4 is 4.90 Å². The summed E-state index contributed by atoms with van der Waals surface area (Å²) in [5, 5.41) is 9.27. The first-order chi connectivity index (χ1) is 8.78. The molecule has 2 rings (SSSR count). The van der Waals surface area contributed by atoms with Crippen LogP contribution in [0.3, 0.4) is 0 Å². The van der Waals surface area contributed by atoms with Crippen molar-refractivity contribution in [1.82, 2.24) is 0 Å². The van der Waals surface area contributed by atoms with Gasteiger partial charge in [0.05, 0.1) is 11.3 Å². The summed E-state index contributed by atoms with van der Waals surface area (Å²) < 4.78 is 0. The molecule has 0 atom stereocenters. The summed E-state index contributed by atoms with van der Waals surface area (Å²) in [4.78, 5) is 2.32. The Morgan fingerprint density at radius 2 is 2.22 bits per heavy atom. The van der Waals surface area contributed by atoms with Gasteiger partial charge < -0.3 is 4.90 Å². The van der Waals surface area contributed by atoms with Crippen LogP contribution in [-0.2, 0) is 5.88 Å². The van der Waals surface area contributed by atoms with Gasteiger partial charge in [0.1, 0.15) is 6.07 Å². The van der Waals surface area contributed by atoms with Crippen molar-refractivity contribution in [3.8, 4) is 6.07 Å². The maximum Gasteiger partial charge on any atom is 0.101 e. The van der Waals surface area contributed by atoms with Gasteiger partial charge in [-0.05, 0) is 43.4 Å². The summed E-state index contributed by atoms with van der Waals surface area (Å²) in [5.74, 6) is 1.27. The van der Waals surface area contributed by atoms with Crippen LogP contribution in [0, 0.1) is 17.2 Å². The molecular weight excluding hydrogens is 244 g/mol. The van der Waals surface area contributed by atoms with E-state index in [0.29, 0.717) is 5.88 Å². The van der Waals surface area contributed by atoms with Crippen molar-refractivity contribution in [1.29, 1.82) is 5.26 Å². The SMILES string of the molecule is CCN(CC1CCC1)c1ccc(CCl)cc1C#N. The molecule has 0 heterocycles. The fraction of sp³-hybridized carbons (Fsp3) is 0.533. The second-order valence-corrected chi connectivity index (χ2v) is 5.20. The molecule has 0 unspecified atom stereocenters. The minimum absolute atomic E-state index is 0.462. The third-order valence-electron chi connectivity index (χ3n) is 3.76. The number of rotatable bonds is 5. The van der Waals surface area contributed by atoms with Gasteiger partial charge in [-0.15, -0.1) is 11.6 Å². The quantitative estimate of drug-likeness (QED) is 0.752. The second kappa shape index (κ2) is 6.11. The van der Waals surface area contributed by atoms with E-state index in [1.54, 1.807) is 0 Å². The first-order valence-corrected chi connectivity index (χ1v) is 7.15. The van der Waals surface area contributed by atoms with Gasteiger partial charge >= 0.3 is 0 Å². The van der Waals surface area contributed by atoms with E-state index in [0.717, 1.165) is 35.8 Å². The predicted octanol–water partition coefficient (Wildman–Crippen LogP) is 3.92. The summed E-state index contributed by atoms with van der Waals surface area (Å²) in [6.45, 7) is 4.17. The van der Waals surface area contributed by atoms with Gasteiger partial charge in [0.15, 0.2) is 0 Å². The van der Waals surface area contributed by atoms with Gasteiger partial charge in [-0.3, -0.25) is 0 Å². The lowest BCUT2D eigenvalue weighted by Crippen LogP contribution is -2.32. The highest BCUT2D eigenvalue weighted by Gasteiger charge is 2.21. The van der Waals surface area contributed by atoms with Gasteiger partial charge in [-0.25, -0.2) is 0 Å². The number of alkyl halides is 1. The second-order valence-electron chi connectivity index (χ2n) is 4.93. The van der Waals surface area contributed by atoms with Crippen LogP contribution in [-0.4, -0.2) is 13.1 Å². The van der Waals surface area contributed by atoms with Gasteiger partial charge in [-0.2, -0.15) is 5.26 Å². The van der Waals surface area contributed by atoms with Gasteiger partial charge in [0, 0.05) is 19.0 Å². The van der Waals surface area contributed by atoms with Crippen molar-refractivity contribution in [3.63, 3.8) is 0 Å². The Kier molecular flexibility index (Phi) is 4.49. The van der Waals surface area contributed by atoms with Crippen molar-refractivity contribution >= 4 is 17.3 Å². The molecule has 1 aliphatic carbocycles. The van der Waals surface area contributed by atoms with E-state index in [-0.39, 0.29) is 0 Å². The molecule has 1 aromatic carbocycles. The van der Waals surface area contributed by atoms with Crippen LogP contribution in [0.25, 0.3) is 0 Å². The lowest BCUT2D eigenvalue weighted by Gasteiger charge is -2.33. The van der Waals surface area contributed by atoms with Crippen LogP contribution in [0.4, 0.5) is 5.69 Å². The highest BCUT2D eigenvalue weighted by atomic mass is 35.5. The molecule has 1 saturated carbocycles. The van der Waals surface area contributed by atoms with Gasteiger partial charge in [0.2, 0.25) is 0 Å². The summed E-state index contributed by atoms with van der Waals surface area (Å²) in [7, 11) is 0. The molecule has 1 aliphatic rings. The molecule has 3 heteroatoms. The predicted molar refractivity (Wildman–Crippen MR) is 75.9 cm³/mol. The van der Waals surface area contributed by atoms with Crippen LogP contribution in [0.15, 0.2) is 18.2 Å². The van der Waals surface area contributed by atoms with Crippen molar-refractivity contribution in [3.05, 3.63) is 29.3 Å². The average molecular weight is 263 g/mol. The minimum atomic E-state index is 0.462. The molecule has 0 saturated heterocycles. The number of halogens is 1. The number of anilines is 1. The molecule has 0 spiro atoms. The zero-order valence-corrected chi connectivity index (χ0v) is 11.6. The van der Waals surface area contributed by atoms with E-state index < -0.39 is 0 Å². The summed E-state index contributed by atoms with van der Waals surface area (Å²) in [6.07, 6.45) is 4.02. The standard InChI is InChI=1S/C15H19ClN2/c1-2-18(11-12-4-3-5-12)15-7-6-13(9-16)8-14(15)10-17/h6-8,12H,2-5,9,11H2,1H3. The summed E-state index contributed by atoms with van der Waals surface area (Å²) in [6, 6.07) is 8.26. The molecule has 0 amide bonds. The molecule has 1 aromatic rings. The first kappa shape index (κ1) is 13.2. The largest absolute Gasteiger partial charge is 0.370 e. The number of hydrogen-bond acceptors (Lipinski definition) is 2. The minimum Gasteiger partial charge on any atom is -0.370 e. The monoisotopic (exact) mass is 262 g/mol. The smallest absolute Gasteiger partial charge is 0.101 e. The van der Waals surface area contributed by atoms with Crippen LogP contribution in [0.2, 0.25) is 0 Å². The summed E-state index contributed by atoms with van der Waals surface area (Å²) >= 11 is 5.81. The molecule has 18 heavy (non-hydrogen) atoms. The van der Waals surface area contributed by atoms with E-state index >= 15 is 0 Å². The van der Waals surface area contributed by atoms with Crippen molar-refractivity contribution in [2.24, 2.45) is 5.92 Å². The summed E-state index contributed by atoms with van der Waals surface area (Å²) in [5.41, 5.74) is 2.81. The van der Waals surface area contributed by atoms with Crippen LogP contribution in [0.5, 0.6) is 0 Å². The molecule has 0 radical (unpaired) electrons. The Morgan fingerprint density at radius 1 is 1.44 bits per heavy atom. The molecule has 96 valence electrons. The molecule has 2 nitrogen and oxygen atoms in total. The Labute approximate surface area is 114 Å². The molecular formula is C15H19ClN2. The Balaban J connectivity index is 2.20. The highest BCUT2D eigenvalue weighted by Crippen LogP contribution is 2.30. The fourth-order valence-electron chi connectivity index (χ4n) is 2.42. The third kappa shape index (κ3) is 2.79. The van der Waals surface area contributed by atoms with E-state index in [1.807, 2.05) is 18.2 Å². The van der Waals surface area contributed by atoms with E-state index in [4.69, 9.17) is 11.6 Å².